The van der Waals surface area contributed by atoms with E-state index in [9.17, 15) is 4.79 Å². The topological polar surface area (TPSA) is 42.1 Å². The zero-order chi connectivity index (χ0) is 9.69. The third kappa shape index (κ3) is 1.77. The number of carbonyl (C=O) groups is 1. The summed E-state index contributed by atoms with van der Waals surface area (Å²) in [5, 5.41) is 0. The number of likely N-dealkylation sites (tertiary alicyclic amines) is 1. The third-order valence-electron chi connectivity index (χ3n) is 2.16. The molecule has 74 valence electrons. The van der Waals surface area contributed by atoms with Crippen molar-refractivity contribution >= 4 is 6.09 Å². The lowest BCUT2D eigenvalue weighted by molar-refractivity contribution is -0.00897. The standard InChI is InChI=1S/C9H15NO3/c1-8(2,3)13-7(11)10-4-9(5-10)6-12-9/h4-6H2,1-3H3. The Hall–Kier alpha value is -0.770. The average molecular weight is 185 g/mol. The predicted octanol–water partition coefficient (Wildman–Crippen LogP) is 1.01. The molecule has 2 saturated heterocycles. The van der Waals surface area contributed by atoms with Crippen molar-refractivity contribution in [3.63, 3.8) is 0 Å². The van der Waals surface area contributed by atoms with Gasteiger partial charge in [-0.05, 0) is 20.8 Å². The van der Waals surface area contributed by atoms with Crippen LogP contribution in [-0.4, -0.2) is 41.9 Å². The molecule has 2 aliphatic heterocycles. The normalized spacial score (nSPS) is 24.1. The van der Waals surface area contributed by atoms with Crippen LogP contribution in [0.15, 0.2) is 0 Å². The lowest BCUT2D eigenvalue weighted by Gasteiger charge is -2.37. The Bertz CT molecular complexity index is 232. The minimum Gasteiger partial charge on any atom is -0.444 e. The molecule has 2 aliphatic rings. The maximum atomic E-state index is 11.4. The molecule has 0 aromatic rings. The Morgan fingerprint density at radius 1 is 1.46 bits per heavy atom. The molecule has 0 unspecified atom stereocenters. The second kappa shape index (κ2) is 2.38. The van der Waals surface area contributed by atoms with E-state index in [1.165, 1.54) is 0 Å². The minimum atomic E-state index is -0.399. The zero-order valence-corrected chi connectivity index (χ0v) is 8.29. The van der Waals surface area contributed by atoms with Crippen LogP contribution in [0.3, 0.4) is 0 Å². The molecule has 4 nitrogen and oxygen atoms in total. The molecule has 13 heavy (non-hydrogen) atoms. The van der Waals surface area contributed by atoms with Gasteiger partial charge in [0.25, 0.3) is 0 Å². The average Bonchev–Trinajstić information content (AvgIpc) is 2.56. The van der Waals surface area contributed by atoms with Crippen LogP contribution in [0.25, 0.3) is 0 Å². The first-order valence-corrected chi connectivity index (χ1v) is 4.52. The van der Waals surface area contributed by atoms with Crippen molar-refractivity contribution in [2.45, 2.75) is 32.0 Å². The van der Waals surface area contributed by atoms with E-state index in [1.54, 1.807) is 4.90 Å². The SMILES string of the molecule is CC(C)(C)OC(=O)N1CC2(CO2)C1. The Morgan fingerprint density at radius 3 is 2.38 bits per heavy atom. The number of epoxide rings is 1. The van der Waals surface area contributed by atoms with E-state index in [0.29, 0.717) is 13.1 Å². The number of rotatable bonds is 0. The van der Waals surface area contributed by atoms with Crippen LogP contribution >= 0.6 is 0 Å². The van der Waals surface area contributed by atoms with Crippen molar-refractivity contribution in [1.29, 1.82) is 0 Å². The van der Waals surface area contributed by atoms with Crippen molar-refractivity contribution < 1.29 is 14.3 Å². The maximum Gasteiger partial charge on any atom is 0.410 e. The van der Waals surface area contributed by atoms with E-state index in [-0.39, 0.29) is 11.7 Å². The quantitative estimate of drug-likeness (QED) is 0.529. The predicted molar refractivity (Wildman–Crippen MR) is 46.5 cm³/mol. The summed E-state index contributed by atoms with van der Waals surface area (Å²) in [5.74, 6) is 0. The van der Waals surface area contributed by atoms with Crippen LogP contribution in [0.5, 0.6) is 0 Å². The second-order valence-electron chi connectivity index (χ2n) is 4.81. The summed E-state index contributed by atoms with van der Waals surface area (Å²) >= 11 is 0. The molecule has 0 bridgehead atoms. The Balaban J connectivity index is 1.79. The molecule has 0 radical (unpaired) electrons. The molecule has 0 aliphatic carbocycles. The fourth-order valence-electron chi connectivity index (χ4n) is 1.39. The molecule has 0 saturated carbocycles. The van der Waals surface area contributed by atoms with Gasteiger partial charge in [-0.25, -0.2) is 4.79 Å². The summed E-state index contributed by atoms with van der Waals surface area (Å²) in [6.45, 7) is 7.80. The van der Waals surface area contributed by atoms with Crippen molar-refractivity contribution in [3.8, 4) is 0 Å². The minimum absolute atomic E-state index is 0.0247. The molecule has 1 amide bonds. The Morgan fingerprint density at radius 2 is 2.00 bits per heavy atom. The highest BCUT2D eigenvalue weighted by Gasteiger charge is 2.57. The molecule has 0 atom stereocenters. The second-order valence-corrected chi connectivity index (χ2v) is 4.81. The molecule has 0 N–H and O–H groups in total. The highest BCUT2D eigenvalue weighted by Crippen LogP contribution is 2.37. The summed E-state index contributed by atoms with van der Waals surface area (Å²) in [6, 6.07) is 0. The first-order chi connectivity index (χ1) is 5.90. The van der Waals surface area contributed by atoms with E-state index in [0.717, 1.165) is 6.61 Å². The van der Waals surface area contributed by atoms with Gasteiger partial charge in [-0.15, -0.1) is 0 Å². The van der Waals surface area contributed by atoms with E-state index in [1.807, 2.05) is 20.8 Å². The van der Waals surface area contributed by atoms with E-state index in [2.05, 4.69) is 0 Å². The molecule has 2 rings (SSSR count). The number of hydrogen-bond acceptors (Lipinski definition) is 3. The van der Waals surface area contributed by atoms with Gasteiger partial charge in [0, 0.05) is 0 Å². The van der Waals surface area contributed by atoms with Crippen LogP contribution in [0, 0.1) is 0 Å². The highest BCUT2D eigenvalue weighted by atomic mass is 16.6. The Kier molecular flexibility index (Phi) is 1.61. The highest BCUT2D eigenvalue weighted by molar-refractivity contribution is 5.70. The van der Waals surface area contributed by atoms with E-state index < -0.39 is 5.60 Å². The van der Waals surface area contributed by atoms with Gasteiger partial charge in [0.05, 0.1) is 19.7 Å². The fraction of sp³-hybridized carbons (Fsp3) is 0.889. The van der Waals surface area contributed by atoms with Crippen LogP contribution in [0.2, 0.25) is 0 Å². The molecule has 2 fully saturated rings. The van der Waals surface area contributed by atoms with Gasteiger partial charge in [0.15, 0.2) is 0 Å². The summed E-state index contributed by atoms with van der Waals surface area (Å²) < 4.78 is 10.4. The van der Waals surface area contributed by atoms with E-state index >= 15 is 0 Å². The Labute approximate surface area is 77.8 Å². The van der Waals surface area contributed by atoms with Crippen LogP contribution in [0.4, 0.5) is 4.79 Å². The molecular weight excluding hydrogens is 170 g/mol. The van der Waals surface area contributed by atoms with Gasteiger partial charge < -0.3 is 14.4 Å². The van der Waals surface area contributed by atoms with Gasteiger partial charge in [-0.1, -0.05) is 0 Å². The third-order valence-corrected chi connectivity index (χ3v) is 2.16. The van der Waals surface area contributed by atoms with E-state index in [4.69, 9.17) is 9.47 Å². The van der Waals surface area contributed by atoms with Crippen molar-refractivity contribution in [3.05, 3.63) is 0 Å². The molecule has 0 aromatic carbocycles. The van der Waals surface area contributed by atoms with Crippen LogP contribution in [-0.2, 0) is 9.47 Å². The van der Waals surface area contributed by atoms with Crippen molar-refractivity contribution in [2.24, 2.45) is 0 Å². The van der Waals surface area contributed by atoms with Crippen LogP contribution in [0.1, 0.15) is 20.8 Å². The molecule has 0 aromatic heterocycles. The number of nitrogens with zero attached hydrogens (tertiary/aromatic N) is 1. The molecule has 4 heteroatoms. The lowest BCUT2D eigenvalue weighted by atomic mass is 10.0. The van der Waals surface area contributed by atoms with Gasteiger partial charge in [0.2, 0.25) is 0 Å². The van der Waals surface area contributed by atoms with Gasteiger partial charge >= 0.3 is 6.09 Å². The zero-order valence-electron chi connectivity index (χ0n) is 8.29. The van der Waals surface area contributed by atoms with Gasteiger partial charge in [-0.3, -0.25) is 0 Å². The van der Waals surface area contributed by atoms with Crippen molar-refractivity contribution in [2.75, 3.05) is 19.7 Å². The molecular formula is C9H15NO3. The van der Waals surface area contributed by atoms with Crippen LogP contribution < -0.4 is 0 Å². The molecule has 1 spiro atoms. The van der Waals surface area contributed by atoms with Gasteiger partial charge in [0.1, 0.15) is 11.2 Å². The summed E-state index contributed by atoms with van der Waals surface area (Å²) in [6.07, 6.45) is -0.228. The first kappa shape index (κ1) is 8.81. The summed E-state index contributed by atoms with van der Waals surface area (Å²) in [4.78, 5) is 13.1. The fourth-order valence-corrected chi connectivity index (χ4v) is 1.39. The summed E-state index contributed by atoms with van der Waals surface area (Å²) in [7, 11) is 0. The monoisotopic (exact) mass is 185 g/mol. The smallest absolute Gasteiger partial charge is 0.410 e. The summed E-state index contributed by atoms with van der Waals surface area (Å²) in [5.41, 5.74) is -0.374. The lowest BCUT2D eigenvalue weighted by Crippen LogP contribution is -2.57. The number of amides is 1. The number of ether oxygens (including phenoxy) is 2. The van der Waals surface area contributed by atoms with Crippen molar-refractivity contribution in [1.82, 2.24) is 4.90 Å². The number of carbonyl (C=O) groups excluding carboxylic acids is 1. The van der Waals surface area contributed by atoms with Gasteiger partial charge in [-0.2, -0.15) is 0 Å². The maximum absolute atomic E-state index is 11.4. The first-order valence-electron chi connectivity index (χ1n) is 4.52. The molecule has 2 heterocycles. The number of hydrogen-bond donors (Lipinski definition) is 0. The largest absolute Gasteiger partial charge is 0.444 e.